The van der Waals surface area contributed by atoms with Gasteiger partial charge in [-0.2, -0.15) is 0 Å². The topological polar surface area (TPSA) is 60.2 Å². The number of carbonyl (C=O) groups excluding carboxylic acids is 1. The Morgan fingerprint density at radius 2 is 2.24 bits per heavy atom. The van der Waals surface area contributed by atoms with E-state index in [9.17, 15) is 14.9 Å². The first kappa shape index (κ1) is 13.4. The third-order valence-electron chi connectivity index (χ3n) is 2.12. The first-order valence-electron chi connectivity index (χ1n) is 5.05. The second-order valence-electron chi connectivity index (χ2n) is 3.51. The summed E-state index contributed by atoms with van der Waals surface area (Å²) in [5.41, 5.74) is 1.53. The second kappa shape index (κ2) is 6.20. The molecular formula is C12H13NO3S. The van der Waals surface area contributed by atoms with Gasteiger partial charge >= 0.3 is 0 Å². The molecule has 5 heteroatoms. The van der Waals surface area contributed by atoms with Crippen LogP contribution in [-0.2, 0) is 4.79 Å². The van der Waals surface area contributed by atoms with Gasteiger partial charge < -0.3 is 0 Å². The Kier molecular flexibility index (Phi) is 4.90. The fourth-order valence-corrected chi connectivity index (χ4v) is 1.70. The predicted molar refractivity (Wildman–Crippen MR) is 70.0 cm³/mol. The van der Waals surface area contributed by atoms with Crippen LogP contribution < -0.4 is 0 Å². The van der Waals surface area contributed by atoms with E-state index >= 15 is 0 Å². The Bertz CT molecular complexity index is 469. The van der Waals surface area contributed by atoms with Gasteiger partial charge in [-0.25, -0.2) is 0 Å². The van der Waals surface area contributed by atoms with Crippen molar-refractivity contribution < 1.29 is 9.72 Å². The van der Waals surface area contributed by atoms with Crippen LogP contribution in [0.2, 0.25) is 0 Å². The minimum Gasteiger partial charge on any atom is -0.288 e. The quantitative estimate of drug-likeness (QED) is 0.609. The molecule has 0 heterocycles. The highest BCUT2D eigenvalue weighted by atomic mass is 32.2. The largest absolute Gasteiger partial charge is 0.288 e. The van der Waals surface area contributed by atoms with Crippen molar-refractivity contribution in [3.05, 3.63) is 45.5 Å². The van der Waals surface area contributed by atoms with E-state index in [1.807, 2.05) is 12.1 Å². The molecule has 0 aliphatic carbocycles. The van der Waals surface area contributed by atoms with Gasteiger partial charge in [-0.15, -0.1) is 0 Å². The van der Waals surface area contributed by atoms with Gasteiger partial charge in [0.25, 0.3) is 5.69 Å². The normalized spacial score (nSPS) is 10.7. The predicted octanol–water partition coefficient (Wildman–Crippen LogP) is 3.20. The molecule has 0 aliphatic heterocycles. The van der Waals surface area contributed by atoms with E-state index in [4.69, 9.17) is 0 Å². The van der Waals surface area contributed by atoms with Gasteiger partial charge in [0.2, 0.25) is 0 Å². The van der Waals surface area contributed by atoms with Crippen LogP contribution in [0.5, 0.6) is 0 Å². The fourth-order valence-electron chi connectivity index (χ4n) is 1.28. The van der Waals surface area contributed by atoms with E-state index in [0.29, 0.717) is 11.3 Å². The minimum atomic E-state index is -0.392. The Labute approximate surface area is 104 Å². The Hall–Kier alpha value is -1.62. The lowest BCUT2D eigenvalue weighted by Crippen LogP contribution is -1.91. The lowest BCUT2D eigenvalue weighted by atomic mass is 10.1. The van der Waals surface area contributed by atoms with Gasteiger partial charge in [0, 0.05) is 24.3 Å². The number of hydrogen-bond donors (Lipinski definition) is 0. The summed E-state index contributed by atoms with van der Waals surface area (Å²) < 4.78 is 0. The smallest absolute Gasteiger partial charge is 0.272 e. The van der Waals surface area contributed by atoms with Crippen LogP contribution in [0.3, 0.4) is 0 Å². The summed E-state index contributed by atoms with van der Waals surface area (Å²) in [6.07, 6.45) is 3.60. The number of carbonyl (C=O) groups is 1. The molecule has 0 bridgehead atoms. The number of nitrogens with zero attached hydrogens (tertiary/aromatic N) is 1. The van der Waals surface area contributed by atoms with Crippen molar-refractivity contribution in [2.45, 2.75) is 13.8 Å². The number of thioether (sulfide) groups is 1. The Morgan fingerprint density at radius 3 is 2.82 bits per heavy atom. The van der Waals surface area contributed by atoms with Crippen LogP contribution in [0.4, 0.5) is 5.69 Å². The number of aryl methyl sites for hydroxylation is 1. The van der Waals surface area contributed by atoms with Crippen molar-refractivity contribution in [2.24, 2.45) is 0 Å². The van der Waals surface area contributed by atoms with Crippen LogP contribution in [0.1, 0.15) is 18.1 Å². The summed E-state index contributed by atoms with van der Waals surface area (Å²) in [6, 6.07) is 5.07. The molecule has 0 spiro atoms. The van der Waals surface area contributed by atoms with E-state index in [-0.39, 0.29) is 10.8 Å². The molecule has 0 radical (unpaired) electrons. The van der Waals surface area contributed by atoms with E-state index in [0.717, 1.165) is 5.56 Å². The van der Waals surface area contributed by atoms with Gasteiger partial charge in [0.05, 0.1) is 4.92 Å². The van der Waals surface area contributed by atoms with E-state index < -0.39 is 4.92 Å². The van der Waals surface area contributed by atoms with Crippen molar-refractivity contribution in [1.29, 1.82) is 0 Å². The zero-order valence-corrected chi connectivity index (χ0v) is 10.5. The lowest BCUT2D eigenvalue weighted by molar-refractivity contribution is -0.385. The molecule has 0 N–H and O–H groups in total. The molecule has 1 rings (SSSR count). The molecule has 0 saturated carbocycles. The van der Waals surface area contributed by atoms with E-state index in [1.165, 1.54) is 24.8 Å². The lowest BCUT2D eigenvalue weighted by Gasteiger charge is -1.98. The molecule has 0 amide bonds. The van der Waals surface area contributed by atoms with Crippen molar-refractivity contribution in [3.8, 4) is 0 Å². The second-order valence-corrected chi connectivity index (χ2v) is 4.70. The van der Waals surface area contributed by atoms with Crippen molar-refractivity contribution in [1.82, 2.24) is 0 Å². The third-order valence-corrected chi connectivity index (χ3v) is 2.89. The third kappa shape index (κ3) is 4.40. The summed E-state index contributed by atoms with van der Waals surface area (Å²) >= 11 is 1.20. The molecule has 17 heavy (non-hydrogen) atoms. The molecule has 0 aromatic heterocycles. The molecule has 0 saturated heterocycles. The number of nitro groups is 1. The first-order chi connectivity index (χ1) is 8.00. The van der Waals surface area contributed by atoms with Crippen molar-refractivity contribution in [2.75, 3.05) is 5.75 Å². The summed E-state index contributed by atoms with van der Waals surface area (Å²) in [5, 5.41) is 10.8. The molecule has 0 fully saturated rings. The van der Waals surface area contributed by atoms with Gasteiger partial charge in [-0.05, 0) is 12.5 Å². The molecular weight excluding hydrogens is 238 g/mol. The molecule has 4 nitrogen and oxygen atoms in total. The van der Waals surface area contributed by atoms with Gasteiger partial charge in [-0.1, -0.05) is 36.0 Å². The number of nitro benzene ring substituents is 1. The van der Waals surface area contributed by atoms with Crippen LogP contribution >= 0.6 is 11.8 Å². The monoisotopic (exact) mass is 251 g/mol. The summed E-state index contributed by atoms with van der Waals surface area (Å²) in [5.74, 6) is 0.580. The Morgan fingerprint density at radius 1 is 1.53 bits per heavy atom. The maximum Gasteiger partial charge on any atom is 0.272 e. The van der Waals surface area contributed by atoms with Gasteiger partial charge in [-0.3, -0.25) is 14.9 Å². The summed E-state index contributed by atoms with van der Waals surface area (Å²) in [6.45, 7) is 3.21. The molecule has 0 aliphatic rings. The number of rotatable bonds is 4. The number of hydrogen-bond acceptors (Lipinski definition) is 4. The standard InChI is InChI=1S/C12H13NO3S/c1-9-5-6-11(8-12(9)13(15)16)4-3-7-17-10(2)14/h3-6,8H,7H2,1-2H3. The molecule has 0 atom stereocenters. The highest BCUT2D eigenvalue weighted by molar-refractivity contribution is 8.13. The van der Waals surface area contributed by atoms with Crippen LogP contribution in [0.15, 0.2) is 24.3 Å². The molecule has 1 aromatic rings. The fraction of sp³-hybridized carbons (Fsp3) is 0.250. The highest BCUT2D eigenvalue weighted by Gasteiger charge is 2.09. The zero-order valence-electron chi connectivity index (χ0n) is 9.67. The summed E-state index contributed by atoms with van der Waals surface area (Å²) in [7, 11) is 0. The van der Waals surface area contributed by atoms with Crippen LogP contribution in [0, 0.1) is 17.0 Å². The SMILES string of the molecule is CC(=O)SCC=Cc1ccc(C)c([N+](=O)[O-])c1. The Balaban J connectivity index is 2.75. The maximum atomic E-state index is 10.7. The maximum absolute atomic E-state index is 10.7. The van der Waals surface area contributed by atoms with Gasteiger partial charge in [0.1, 0.15) is 0 Å². The van der Waals surface area contributed by atoms with E-state index in [2.05, 4.69) is 0 Å². The number of benzene rings is 1. The minimum absolute atomic E-state index is 0.0598. The summed E-state index contributed by atoms with van der Waals surface area (Å²) in [4.78, 5) is 21.0. The molecule has 1 aromatic carbocycles. The van der Waals surface area contributed by atoms with Crippen molar-refractivity contribution in [3.63, 3.8) is 0 Å². The zero-order chi connectivity index (χ0) is 12.8. The van der Waals surface area contributed by atoms with Crippen LogP contribution in [0.25, 0.3) is 6.08 Å². The average Bonchev–Trinajstić information content (AvgIpc) is 2.25. The first-order valence-corrected chi connectivity index (χ1v) is 6.04. The van der Waals surface area contributed by atoms with Crippen molar-refractivity contribution >= 4 is 28.6 Å². The molecule has 0 unspecified atom stereocenters. The molecule has 90 valence electrons. The van der Waals surface area contributed by atoms with Gasteiger partial charge in [0.15, 0.2) is 5.12 Å². The van der Waals surface area contributed by atoms with E-state index in [1.54, 1.807) is 19.1 Å². The highest BCUT2D eigenvalue weighted by Crippen LogP contribution is 2.20. The average molecular weight is 251 g/mol. The van der Waals surface area contributed by atoms with Crippen LogP contribution in [-0.4, -0.2) is 15.8 Å².